The zero-order valence-corrected chi connectivity index (χ0v) is 20.7. The fraction of sp³-hybridized carbons (Fsp3) is 0.545. The summed E-state index contributed by atoms with van der Waals surface area (Å²) in [4.78, 5) is 4.41. The van der Waals surface area contributed by atoms with Crippen molar-refractivity contribution in [2.75, 3.05) is 27.8 Å². The van der Waals surface area contributed by atoms with E-state index >= 15 is 0 Å². The lowest BCUT2D eigenvalue weighted by molar-refractivity contribution is 0.288. The summed E-state index contributed by atoms with van der Waals surface area (Å²) in [5.74, 6) is 2.36. The summed E-state index contributed by atoms with van der Waals surface area (Å²) < 4.78 is 12.9. The summed E-state index contributed by atoms with van der Waals surface area (Å²) in [5, 5.41) is 11.2. The van der Waals surface area contributed by atoms with E-state index in [2.05, 4.69) is 32.9 Å². The summed E-state index contributed by atoms with van der Waals surface area (Å²) in [6.07, 6.45) is 7.86. The third-order valence-electron chi connectivity index (χ3n) is 5.98. The third kappa shape index (κ3) is 5.59. The molecule has 0 atom stereocenters. The molecular weight excluding hydrogens is 493 g/mol. The second-order valence-electron chi connectivity index (χ2n) is 7.64. The molecule has 1 aromatic heterocycles. The predicted octanol–water partition coefficient (Wildman–Crippen LogP) is 3.62. The molecule has 8 heteroatoms. The van der Waals surface area contributed by atoms with Crippen molar-refractivity contribution in [3.8, 4) is 11.5 Å². The monoisotopic (exact) mass is 527 g/mol. The number of benzene rings is 1. The van der Waals surface area contributed by atoms with E-state index in [0.717, 1.165) is 42.5 Å². The largest absolute Gasteiger partial charge is 0.493 e. The van der Waals surface area contributed by atoms with Gasteiger partial charge in [0.05, 0.1) is 26.5 Å². The summed E-state index contributed by atoms with van der Waals surface area (Å²) in [7, 11) is 7.12. The van der Waals surface area contributed by atoms with E-state index in [9.17, 15) is 0 Å². The van der Waals surface area contributed by atoms with E-state index in [1.807, 2.05) is 30.9 Å². The van der Waals surface area contributed by atoms with E-state index in [1.165, 1.54) is 24.8 Å². The molecule has 3 rings (SSSR count). The van der Waals surface area contributed by atoms with Gasteiger partial charge < -0.3 is 20.1 Å². The van der Waals surface area contributed by atoms with Gasteiger partial charge in [0, 0.05) is 32.3 Å². The zero-order valence-electron chi connectivity index (χ0n) is 18.4. The predicted molar refractivity (Wildman–Crippen MR) is 131 cm³/mol. The maximum atomic E-state index is 5.56. The van der Waals surface area contributed by atoms with E-state index in [4.69, 9.17) is 9.47 Å². The van der Waals surface area contributed by atoms with Crippen molar-refractivity contribution in [3.63, 3.8) is 0 Å². The Hall–Kier alpha value is -1.97. The number of methoxy groups -OCH3 is 2. The highest BCUT2D eigenvalue weighted by Crippen LogP contribution is 2.42. The first kappa shape index (κ1) is 24.3. The van der Waals surface area contributed by atoms with Crippen LogP contribution in [0.15, 0.2) is 35.5 Å². The zero-order chi connectivity index (χ0) is 20.7. The van der Waals surface area contributed by atoms with Gasteiger partial charge in [0.2, 0.25) is 0 Å². The van der Waals surface area contributed by atoms with Gasteiger partial charge in [-0.05, 0) is 36.6 Å². The Morgan fingerprint density at radius 1 is 1.10 bits per heavy atom. The molecule has 1 aromatic carbocycles. The number of nitrogens with zero attached hydrogens (tertiary/aromatic N) is 3. The van der Waals surface area contributed by atoms with E-state index in [1.54, 1.807) is 20.4 Å². The van der Waals surface area contributed by atoms with E-state index < -0.39 is 0 Å². The minimum absolute atomic E-state index is 0. The van der Waals surface area contributed by atoms with Gasteiger partial charge in [0.25, 0.3) is 0 Å². The number of aryl methyl sites for hydroxylation is 1. The second-order valence-corrected chi connectivity index (χ2v) is 7.64. The fourth-order valence-corrected chi connectivity index (χ4v) is 4.18. The van der Waals surface area contributed by atoms with Crippen molar-refractivity contribution in [3.05, 3.63) is 41.7 Å². The van der Waals surface area contributed by atoms with E-state index in [0.29, 0.717) is 6.54 Å². The molecule has 0 unspecified atom stereocenters. The number of nitrogens with one attached hydrogen (secondary N) is 2. The summed E-state index contributed by atoms with van der Waals surface area (Å²) >= 11 is 0. The lowest BCUT2D eigenvalue weighted by Gasteiger charge is -2.38. The van der Waals surface area contributed by atoms with Gasteiger partial charge in [-0.2, -0.15) is 5.10 Å². The van der Waals surface area contributed by atoms with Crippen molar-refractivity contribution >= 4 is 29.9 Å². The summed E-state index contributed by atoms with van der Waals surface area (Å²) in [6, 6.07) is 8.34. The normalized spacial score (nSPS) is 15.8. The molecule has 0 spiro atoms. The van der Waals surface area contributed by atoms with Crippen LogP contribution in [0.3, 0.4) is 0 Å². The molecule has 0 saturated heterocycles. The lowest BCUT2D eigenvalue weighted by atomic mass is 9.69. The van der Waals surface area contributed by atoms with Crippen LogP contribution in [-0.4, -0.2) is 43.6 Å². The number of halogens is 1. The second kappa shape index (κ2) is 11.4. The van der Waals surface area contributed by atoms with Crippen LogP contribution in [0, 0.1) is 0 Å². The van der Waals surface area contributed by atoms with Crippen molar-refractivity contribution in [1.82, 2.24) is 20.4 Å². The van der Waals surface area contributed by atoms with Gasteiger partial charge in [-0.3, -0.25) is 9.67 Å². The number of ether oxygens (including phenoxy) is 2. The van der Waals surface area contributed by atoms with Crippen LogP contribution in [-0.2, 0) is 19.0 Å². The van der Waals surface area contributed by atoms with Crippen molar-refractivity contribution in [2.45, 2.75) is 44.1 Å². The molecule has 0 radical (unpaired) electrons. The SMILES string of the molecule is CN=C(NCc1ccnn1C)NCC1(c2ccc(OC)c(OC)c2)CCCCC1.I. The van der Waals surface area contributed by atoms with Crippen molar-refractivity contribution in [2.24, 2.45) is 12.0 Å². The van der Waals surface area contributed by atoms with Gasteiger partial charge in [0.1, 0.15) is 0 Å². The molecule has 166 valence electrons. The molecule has 1 aliphatic rings. The molecule has 0 amide bonds. The summed E-state index contributed by atoms with van der Waals surface area (Å²) in [5.41, 5.74) is 2.46. The average Bonchev–Trinajstić information content (AvgIpc) is 3.18. The van der Waals surface area contributed by atoms with Crippen LogP contribution in [0.4, 0.5) is 0 Å². The van der Waals surface area contributed by atoms with Crippen LogP contribution in [0.1, 0.15) is 43.4 Å². The van der Waals surface area contributed by atoms with Gasteiger partial charge in [-0.25, -0.2) is 0 Å². The van der Waals surface area contributed by atoms with Crippen molar-refractivity contribution in [1.29, 1.82) is 0 Å². The molecule has 1 fully saturated rings. The van der Waals surface area contributed by atoms with Crippen LogP contribution in [0.2, 0.25) is 0 Å². The minimum Gasteiger partial charge on any atom is -0.493 e. The standard InChI is InChI=1S/C22H33N5O2.HI/c1-23-21(24-15-18-10-13-26-27(18)2)25-16-22(11-6-5-7-12-22)17-8-9-19(28-3)20(14-17)29-4;/h8-10,13-14H,5-7,11-12,15-16H2,1-4H3,(H2,23,24,25);1H. The number of aromatic nitrogens is 2. The maximum Gasteiger partial charge on any atom is 0.191 e. The average molecular weight is 527 g/mol. The fourth-order valence-electron chi connectivity index (χ4n) is 4.18. The number of hydrogen-bond acceptors (Lipinski definition) is 4. The van der Waals surface area contributed by atoms with Crippen LogP contribution < -0.4 is 20.1 Å². The van der Waals surface area contributed by atoms with Gasteiger partial charge in [0.15, 0.2) is 17.5 Å². The maximum absolute atomic E-state index is 5.56. The Labute approximate surface area is 196 Å². The lowest BCUT2D eigenvalue weighted by Crippen LogP contribution is -2.46. The van der Waals surface area contributed by atoms with Gasteiger partial charge >= 0.3 is 0 Å². The Bertz CT molecular complexity index is 831. The Kier molecular flexibility index (Phi) is 9.26. The molecule has 2 N–H and O–H groups in total. The van der Waals surface area contributed by atoms with Crippen molar-refractivity contribution < 1.29 is 9.47 Å². The van der Waals surface area contributed by atoms with E-state index in [-0.39, 0.29) is 29.4 Å². The molecule has 0 aliphatic heterocycles. The Morgan fingerprint density at radius 2 is 1.83 bits per heavy atom. The Balaban J connectivity index is 0.00000320. The molecule has 30 heavy (non-hydrogen) atoms. The molecule has 1 heterocycles. The third-order valence-corrected chi connectivity index (χ3v) is 5.98. The number of aliphatic imine (C=N–C) groups is 1. The summed E-state index contributed by atoms with van der Waals surface area (Å²) in [6.45, 7) is 1.51. The first-order chi connectivity index (χ1) is 14.1. The molecule has 7 nitrogen and oxygen atoms in total. The topological polar surface area (TPSA) is 72.7 Å². The smallest absolute Gasteiger partial charge is 0.191 e. The Morgan fingerprint density at radius 3 is 2.43 bits per heavy atom. The highest BCUT2D eigenvalue weighted by molar-refractivity contribution is 14.0. The molecule has 0 bridgehead atoms. The molecule has 2 aromatic rings. The van der Waals surface area contributed by atoms with Crippen LogP contribution >= 0.6 is 24.0 Å². The first-order valence-corrected chi connectivity index (χ1v) is 10.3. The highest BCUT2D eigenvalue weighted by Gasteiger charge is 2.34. The molecular formula is C22H34IN5O2. The minimum atomic E-state index is 0. The highest BCUT2D eigenvalue weighted by atomic mass is 127. The quantitative estimate of drug-likeness (QED) is 0.327. The molecule has 1 aliphatic carbocycles. The van der Waals surface area contributed by atoms with Crippen LogP contribution in [0.25, 0.3) is 0 Å². The van der Waals surface area contributed by atoms with Gasteiger partial charge in [-0.1, -0.05) is 25.3 Å². The number of hydrogen-bond donors (Lipinski definition) is 2. The number of guanidine groups is 1. The molecule has 1 saturated carbocycles. The van der Waals surface area contributed by atoms with Crippen LogP contribution in [0.5, 0.6) is 11.5 Å². The first-order valence-electron chi connectivity index (χ1n) is 10.3. The van der Waals surface area contributed by atoms with Gasteiger partial charge in [-0.15, -0.1) is 24.0 Å². The number of rotatable bonds is 7.